The molecule has 1 saturated heterocycles. The molecular weight excluding hydrogens is 923 g/mol. The summed E-state index contributed by atoms with van der Waals surface area (Å²) in [5.41, 5.74) is 0. The number of hydrogen-bond donors (Lipinski definition) is 6. The zero-order valence-electron chi connectivity index (χ0n) is 48.6. The summed E-state index contributed by atoms with van der Waals surface area (Å²) in [6, 6.07) is -0.818. The maximum atomic E-state index is 13.0. The molecule has 0 spiro atoms. The highest BCUT2D eigenvalue weighted by Crippen LogP contribution is 2.23. The fraction of sp³-hybridized carbons (Fsp3) is 0.892. The molecule has 9 heteroatoms. The summed E-state index contributed by atoms with van der Waals surface area (Å²) >= 11 is 0. The number of carbonyl (C=O) groups excluding carboxylic acids is 1. The summed E-state index contributed by atoms with van der Waals surface area (Å²) in [4.78, 5) is 13.0. The van der Waals surface area contributed by atoms with E-state index in [1.807, 2.05) is 6.08 Å². The van der Waals surface area contributed by atoms with Crippen LogP contribution in [0, 0.1) is 0 Å². The summed E-state index contributed by atoms with van der Waals surface area (Å²) in [5.74, 6) is -0.182. The first kappa shape index (κ1) is 70.4. The second kappa shape index (κ2) is 54.8. The van der Waals surface area contributed by atoms with Crippen molar-refractivity contribution >= 4 is 5.91 Å². The van der Waals surface area contributed by atoms with E-state index in [-0.39, 0.29) is 12.5 Å². The molecule has 1 aliphatic rings. The van der Waals surface area contributed by atoms with Gasteiger partial charge < -0.3 is 40.3 Å². The molecule has 9 nitrogen and oxygen atoms in total. The molecule has 7 unspecified atom stereocenters. The summed E-state index contributed by atoms with van der Waals surface area (Å²) in [6.45, 7) is 3.77. The number of ether oxygens (including phenoxy) is 2. The van der Waals surface area contributed by atoms with E-state index < -0.39 is 49.5 Å². The molecular formula is C65H123NO8. The van der Waals surface area contributed by atoms with E-state index in [0.717, 1.165) is 38.5 Å². The standard InChI is InChI=1S/C65H123NO8/c1-3-5-7-9-11-13-15-17-18-19-20-21-22-23-24-25-26-27-28-29-30-31-32-33-34-35-36-37-38-39-40-41-42-43-45-47-49-51-53-55-61(69)66-58(57-73-65-64(72)63(71)62(70)60(56-67)74-65)59(68)54-52-50-48-46-44-16-14-12-10-8-6-4-2/h19-20,44,46,52,54,58-60,62-65,67-68,70-72H,3-18,21-43,45,47-51,53,55-57H2,1-2H3,(H,66,69)/b20-19-,46-44+,54-52+. The summed E-state index contributed by atoms with van der Waals surface area (Å²) in [5, 5.41) is 54.4. The highest BCUT2D eigenvalue weighted by Gasteiger charge is 2.44. The molecule has 0 bridgehead atoms. The number of hydrogen-bond acceptors (Lipinski definition) is 8. The maximum Gasteiger partial charge on any atom is 0.220 e. The minimum atomic E-state index is -1.57. The van der Waals surface area contributed by atoms with Gasteiger partial charge in [0.2, 0.25) is 5.91 Å². The van der Waals surface area contributed by atoms with Gasteiger partial charge >= 0.3 is 0 Å². The lowest BCUT2D eigenvalue weighted by atomic mass is 9.99. The van der Waals surface area contributed by atoms with Gasteiger partial charge in [0, 0.05) is 6.42 Å². The molecule has 0 saturated carbocycles. The Morgan fingerprint density at radius 3 is 1.14 bits per heavy atom. The Bertz CT molecular complexity index is 1260. The molecule has 1 rings (SSSR count). The van der Waals surface area contributed by atoms with Crippen LogP contribution in [-0.2, 0) is 14.3 Å². The fourth-order valence-corrected chi connectivity index (χ4v) is 10.3. The van der Waals surface area contributed by atoms with Gasteiger partial charge in [-0.2, -0.15) is 0 Å². The van der Waals surface area contributed by atoms with Gasteiger partial charge in [0.1, 0.15) is 24.4 Å². The third kappa shape index (κ3) is 43.4. The predicted octanol–water partition coefficient (Wildman–Crippen LogP) is 16.7. The van der Waals surface area contributed by atoms with Crippen molar-refractivity contribution in [3.8, 4) is 0 Å². The SMILES string of the molecule is CCCCCCCC/C=C/CC/C=C/C(O)C(COC1OC(CO)C(O)C(O)C1O)NC(=O)CCCCCCCCCCCCCCCCCCCCCCCCCCCCC/C=C\CCCCCCCCCC. The van der Waals surface area contributed by atoms with Crippen LogP contribution in [0.4, 0.5) is 0 Å². The van der Waals surface area contributed by atoms with E-state index in [1.165, 1.54) is 257 Å². The molecule has 0 aromatic rings. The highest BCUT2D eigenvalue weighted by atomic mass is 16.7. The van der Waals surface area contributed by atoms with E-state index in [2.05, 4.69) is 43.5 Å². The van der Waals surface area contributed by atoms with E-state index in [0.29, 0.717) is 6.42 Å². The number of carbonyl (C=O) groups is 1. The Kier molecular flexibility index (Phi) is 52.1. The maximum absolute atomic E-state index is 13.0. The van der Waals surface area contributed by atoms with Crippen molar-refractivity contribution in [1.82, 2.24) is 5.32 Å². The molecule has 436 valence electrons. The smallest absolute Gasteiger partial charge is 0.220 e. The van der Waals surface area contributed by atoms with Crippen LogP contribution in [0.5, 0.6) is 0 Å². The van der Waals surface area contributed by atoms with Crippen molar-refractivity contribution < 1.29 is 39.8 Å². The van der Waals surface area contributed by atoms with Gasteiger partial charge in [0.05, 0.1) is 25.4 Å². The zero-order valence-corrected chi connectivity index (χ0v) is 48.6. The third-order valence-electron chi connectivity index (χ3n) is 15.4. The van der Waals surface area contributed by atoms with Gasteiger partial charge in [-0.05, 0) is 57.8 Å². The molecule has 74 heavy (non-hydrogen) atoms. The minimum Gasteiger partial charge on any atom is -0.394 e. The van der Waals surface area contributed by atoms with Crippen LogP contribution in [-0.4, -0.2) is 87.5 Å². The lowest BCUT2D eigenvalue weighted by molar-refractivity contribution is -0.302. The Hall–Kier alpha value is -1.59. The molecule has 1 aliphatic heterocycles. The van der Waals surface area contributed by atoms with Crippen LogP contribution < -0.4 is 5.32 Å². The van der Waals surface area contributed by atoms with Crippen LogP contribution in [0.25, 0.3) is 0 Å². The molecule has 0 aromatic carbocycles. The first-order chi connectivity index (χ1) is 36.3. The second-order valence-electron chi connectivity index (χ2n) is 22.5. The Labute approximate surface area is 457 Å². The predicted molar refractivity (Wildman–Crippen MR) is 313 cm³/mol. The number of unbranched alkanes of at least 4 members (excludes halogenated alkanes) is 42. The number of amides is 1. The number of nitrogens with one attached hydrogen (secondary N) is 1. The largest absolute Gasteiger partial charge is 0.394 e. The topological polar surface area (TPSA) is 149 Å². The molecule has 6 N–H and O–H groups in total. The average Bonchev–Trinajstić information content (AvgIpc) is 3.40. The Balaban J connectivity index is 2.01. The molecule has 0 radical (unpaired) electrons. The van der Waals surface area contributed by atoms with Crippen molar-refractivity contribution in [3.63, 3.8) is 0 Å². The van der Waals surface area contributed by atoms with Gasteiger partial charge in [0.25, 0.3) is 0 Å². The van der Waals surface area contributed by atoms with E-state index in [4.69, 9.17) is 9.47 Å². The van der Waals surface area contributed by atoms with Crippen molar-refractivity contribution in [2.75, 3.05) is 13.2 Å². The van der Waals surface area contributed by atoms with Crippen LogP contribution in [0.1, 0.15) is 316 Å². The highest BCUT2D eigenvalue weighted by molar-refractivity contribution is 5.76. The monoisotopic (exact) mass is 1050 g/mol. The van der Waals surface area contributed by atoms with Gasteiger partial charge in [-0.25, -0.2) is 0 Å². The average molecular weight is 1050 g/mol. The van der Waals surface area contributed by atoms with Crippen LogP contribution in [0.2, 0.25) is 0 Å². The van der Waals surface area contributed by atoms with Gasteiger partial charge in [-0.15, -0.1) is 0 Å². The van der Waals surface area contributed by atoms with Crippen molar-refractivity contribution in [3.05, 3.63) is 36.5 Å². The van der Waals surface area contributed by atoms with Gasteiger partial charge in [-0.1, -0.05) is 288 Å². The quantitative estimate of drug-likeness (QED) is 0.0261. The second-order valence-corrected chi connectivity index (χ2v) is 22.5. The molecule has 7 atom stereocenters. The minimum absolute atomic E-state index is 0.182. The van der Waals surface area contributed by atoms with Gasteiger partial charge in [-0.3, -0.25) is 4.79 Å². The summed E-state index contributed by atoms with van der Waals surface area (Å²) in [6.07, 6.45) is 65.6. The number of allylic oxidation sites excluding steroid dienone is 5. The van der Waals surface area contributed by atoms with E-state index in [9.17, 15) is 30.3 Å². The fourth-order valence-electron chi connectivity index (χ4n) is 10.3. The first-order valence-electron chi connectivity index (χ1n) is 32.2. The molecule has 1 heterocycles. The molecule has 1 amide bonds. The lowest BCUT2D eigenvalue weighted by Gasteiger charge is -2.40. The van der Waals surface area contributed by atoms with Gasteiger partial charge in [0.15, 0.2) is 6.29 Å². The van der Waals surface area contributed by atoms with E-state index in [1.54, 1.807) is 6.08 Å². The number of rotatable bonds is 56. The van der Waals surface area contributed by atoms with Crippen molar-refractivity contribution in [2.24, 2.45) is 0 Å². The first-order valence-corrected chi connectivity index (χ1v) is 32.2. The third-order valence-corrected chi connectivity index (χ3v) is 15.4. The van der Waals surface area contributed by atoms with Crippen molar-refractivity contribution in [1.29, 1.82) is 0 Å². The summed E-state index contributed by atoms with van der Waals surface area (Å²) < 4.78 is 11.2. The number of aliphatic hydroxyl groups is 5. The molecule has 1 fully saturated rings. The van der Waals surface area contributed by atoms with Crippen LogP contribution in [0.3, 0.4) is 0 Å². The normalized spacial score (nSPS) is 19.1. The Morgan fingerprint density at radius 2 is 0.770 bits per heavy atom. The summed E-state index contributed by atoms with van der Waals surface area (Å²) in [7, 11) is 0. The number of aliphatic hydroxyl groups excluding tert-OH is 5. The molecule has 0 aliphatic carbocycles. The Morgan fingerprint density at radius 1 is 0.446 bits per heavy atom. The van der Waals surface area contributed by atoms with E-state index >= 15 is 0 Å². The molecule has 0 aromatic heterocycles. The van der Waals surface area contributed by atoms with Crippen molar-refractivity contribution in [2.45, 2.75) is 358 Å². The van der Waals surface area contributed by atoms with Crippen LogP contribution >= 0.6 is 0 Å². The van der Waals surface area contributed by atoms with Crippen LogP contribution in [0.15, 0.2) is 36.5 Å². The lowest BCUT2D eigenvalue weighted by Crippen LogP contribution is -2.60. The zero-order chi connectivity index (χ0) is 53.6.